The first-order valence-corrected chi connectivity index (χ1v) is 9.15. The van der Waals surface area contributed by atoms with Gasteiger partial charge in [0.1, 0.15) is 6.10 Å². The number of cyclic esters (lactones) is 1. The molecule has 3 heteroatoms. The highest BCUT2D eigenvalue weighted by molar-refractivity contribution is 7.99. The first-order chi connectivity index (χ1) is 10.3. The van der Waals surface area contributed by atoms with E-state index in [1.54, 1.807) is 0 Å². The predicted octanol–water partition coefficient (Wildman–Crippen LogP) is 5.03. The van der Waals surface area contributed by atoms with Gasteiger partial charge in [-0.1, -0.05) is 45.9 Å². The van der Waals surface area contributed by atoms with Crippen molar-refractivity contribution in [2.45, 2.75) is 52.0 Å². The number of hydrogen-bond acceptors (Lipinski definition) is 3. The summed E-state index contributed by atoms with van der Waals surface area (Å²) in [6.45, 7) is 10.8. The van der Waals surface area contributed by atoms with E-state index in [0.717, 1.165) is 12.2 Å². The van der Waals surface area contributed by atoms with Crippen molar-refractivity contribution >= 4 is 17.7 Å². The number of carbonyl (C=O) groups is 1. The van der Waals surface area contributed by atoms with Gasteiger partial charge in [-0.05, 0) is 42.7 Å². The van der Waals surface area contributed by atoms with Crippen molar-refractivity contribution in [3.8, 4) is 0 Å². The van der Waals surface area contributed by atoms with Crippen molar-refractivity contribution in [2.75, 3.05) is 5.75 Å². The summed E-state index contributed by atoms with van der Waals surface area (Å²) in [7, 11) is 0. The summed E-state index contributed by atoms with van der Waals surface area (Å²) >= 11 is 1.86. The molecule has 0 radical (unpaired) electrons. The molecule has 0 aliphatic carbocycles. The number of hydrogen-bond donors (Lipinski definition) is 0. The van der Waals surface area contributed by atoms with Crippen molar-refractivity contribution in [2.24, 2.45) is 23.2 Å². The van der Waals surface area contributed by atoms with E-state index in [9.17, 15) is 4.79 Å². The second-order valence-corrected chi connectivity index (χ2v) is 8.75. The lowest BCUT2D eigenvalue weighted by molar-refractivity contribution is -0.170. The molecule has 0 N–H and O–H groups in total. The Morgan fingerprint density at radius 2 is 1.77 bits per heavy atom. The topological polar surface area (TPSA) is 26.3 Å². The van der Waals surface area contributed by atoms with E-state index in [1.165, 1.54) is 4.90 Å². The second-order valence-electron chi connectivity index (χ2n) is 7.66. The van der Waals surface area contributed by atoms with Crippen LogP contribution in [0.4, 0.5) is 0 Å². The Balaban J connectivity index is 2.12. The van der Waals surface area contributed by atoms with Gasteiger partial charge in [0.15, 0.2) is 0 Å². The fourth-order valence-corrected chi connectivity index (χ4v) is 4.41. The van der Waals surface area contributed by atoms with E-state index in [4.69, 9.17) is 4.74 Å². The Kier molecular flexibility index (Phi) is 5.60. The maximum absolute atomic E-state index is 12.4. The molecule has 0 saturated carbocycles. The molecule has 2 rings (SSSR count). The molecule has 1 aliphatic rings. The van der Waals surface area contributed by atoms with Gasteiger partial charge in [0.25, 0.3) is 0 Å². The van der Waals surface area contributed by atoms with E-state index in [1.807, 2.05) is 24.8 Å². The molecule has 1 heterocycles. The third-order valence-corrected chi connectivity index (χ3v) is 5.71. The summed E-state index contributed by atoms with van der Waals surface area (Å²) in [6.07, 6.45) is 0.910. The highest BCUT2D eigenvalue weighted by Crippen LogP contribution is 2.41. The average Bonchev–Trinajstić information content (AvgIpc) is 2.44. The van der Waals surface area contributed by atoms with Gasteiger partial charge < -0.3 is 4.74 Å². The van der Waals surface area contributed by atoms with Crippen molar-refractivity contribution in [1.82, 2.24) is 0 Å². The van der Waals surface area contributed by atoms with Gasteiger partial charge in [-0.2, -0.15) is 0 Å². The minimum Gasteiger partial charge on any atom is -0.462 e. The van der Waals surface area contributed by atoms with Crippen LogP contribution in [0.1, 0.15) is 41.0 Å². The van der Waals surface area contributed by atoms with Crippen LogP contribution in [0.15, 0.2) is 35.2 Å². The highest BCUT2D eigenvalue weighted by Gasteiger charge is 2.43. The Morgan fingerprint density at radius 1 is 1.14 bits per heavy atom. The first-order valence-electron chi connectivity index (χ1n) is 8.16. The molecule has 1 fully saturated rings. The zero-order valence-electron chi connectivity index (χ0n) is 14.3. The maximum atomic E-state index is 12.4. The summed E-state index contributed by atoms with van der Waals surface area (Å²) < 4.78 is 5.59. The summed E-state index contributed by atoms with van der Waals surface area (Å²) in [5.41, 5.74) is 0.139. The van der Waals surface area contributed by atoms with E-state index in [0.29, 0.717) is 11.8 Å². The Labute approximate surface area is 139 Å². The third kappa shape index (κ3) is 4.52. The summed E-state index contributed by atoms with van der Waals surface area (Å²) in [6, 6.07) is 10.4. The van der Waals surface area contributed by atoms with Gasteiger partial charge in [-0.3, -0.25) is 4.79 Å². The van der Waals surface area contributed by atoms with E-state index < -0.39 is 0 Å². The van der Waals surface area contributed by atoms with Gasteiger partial charge in [0.05, 0.1) is 5.92 Å². The van der Waals surface area contributed by atoms with Gasteiger partial charge in [0.2, 0.25) is 0 Å². The molecule has 0 aromatic heterocycles. The van der Waals surface area contributed by atoms with Gasteiger partial charge >= 0.3 is 5.97 Å². The molecule has 2 nitrogen and oxygen atoms in total. The summed E-state index contributed by atoms with van der Waals surface area (Å²) in [5.74, 6) is 1.77. The van der Waals surface area contributed by atoms with Crippen LogP contribution in [0.2, 0.25) is 0 Å². The lowest BCUT2D eigenvalue weighted by Crippen LogP contribution is -2.45. The molecule has 1 aromatic carbocycles. The Hall–Kier alpha value is -0.960. The van der Waals surface area contributed by atoms with Crippen LogP contribution in [0, 0.1) is 23.2 Å². The van der Waals surface area contributed by atoms with E-state index in [2.05, 4.69) is 52.0 Å². The molecule has 0 bridgehead atoms. The average molecular weight is 320 g/mol. The Bertz CT molecular complexity index is 492. The molecular formula is C19H28O2S. The molecule has 1 saturated heterocycles. The van der Waals surface area contributed by atoms with Crippen LogP contribution in [0.5, 0.6) is 0 Å². The minimum atomic E-state index is -0.000753. The predicted molar refractivity (Wildman–Crippen MR) is 92.9 cm³/mol. The number of benzene rings is 1. The van der Waals surface area contributed by atoms with Crippen LogP contribution < -0.4 is 0 Å². The molecule has 1 aliphatic heterocycles. The SMILES string of the molecule is C[C@H]1[C@@H](CSc2ccccc2)[C@H](CC(C)(C)C)C(=O)O[C@@H]1C. The maximum Gasteiger partial charge on any atom is 0.309 e. The number of carbonyl (C=O) groups excluding carboxylic acids is 1. The standard InChI is InChI=1S/C19H28O2S/c1-13-14(2)21-18(20)16(11-19(3,4)5)17(13)12-22-15-9-7-6-8-10-15/h6-10,13-14,16-17H,11-12H2,1-5H3/t13-,14-,16+,17-/m1/s1. The minimum absolute atomic E-state index is 0.000753. The van der Waals surface area contributed by atoms with Gasteiger partial charge in [-0.25, -0.2) is 0 Å². The normalized spacial score (nSPS) is 29.2. The number of ether oxygens (including phenoxy) is 1. The highest BCUT2D eigenvalue weighted by atomic mass is 32.2. The monoisotopic (exact) mass is 320 g/mol. The van der Waals surface area contributed by atoms with Crippen LogP contribution in [0.25, 0.3) is 0 Å². The number of rotatable bonds is 4. The lowest BCUT2D eigenvalue weighted by atomic mass is 9.72. The molecule has 0 amide bonds. The largest absolute Gasteiger partial charge is 0.462 e. The van der Waals surface area contributed by atoms with Crippen molar-refractivity contribution in [3.05, 3.63) is 30.3 Å². The molecule has 122 valence electrons. The molecule has 4 atom stereocenters. The molecule has 1 aromatic rings. The summed E-state index contributed by atoms with van der Waals surface area (Å²) in [5, 5.41) is 0. The number of thioether (sulfide) groups is 1. The van der Waals surface area contributed by atoms with Crippen molar-refractivity contribution in [1.29, 1.82) is 0 Å². The quantitative estimate of drug-likeness (QED) is 0.575. The molecule has 22 heavy (non-hydrogen) atoms. The number of esters is 1. The van der Waals surface area contributed by atoms with Gasteiger partial charge in [-0.15, -0.1) is 11.8 Å². The second kappa shape index (κ2) is 7.08. The lowest BCUT2D eigenvalue weighted by Gasteiger charge is -2.41. The van der Waals surface area contributed by atoms with Crippen LogP contribution in [-0.2, 0) is 9.53 Å². The zero-order chi connectivity index (χ0) is 16.3. The fraction of sp³-hybridized carbons (Fsp3) is 0.632. The molecule has 0 spiro atoms. The van der Waals surface area contributed by atoms with Gasteiger partial charge in [0, 0.05) is 10.6 Å². The smallest absolute Gasteiger partial charge is 0.309 e. The molecule has 0 unspecified atom stereocenters. The van der Waals surface area contributed by atoms with Crippen LogP contribution in [0.3, 0.4) is 0 Å². The van der Waals surface area contributed by atoms with Crippen LogP contribution in [-0.4, -0.2) is 17.8 Å². The van der Waals surface area contributed by atoms with Crippen LogP contribution >= 0.6 is 11.8 Å². The molecular weight excluding hydrogens is 292 g/mol. The van der Waals surface area contributed by atoms with E-state index >= 15 is 0 Å². The first kappa shape index (κ1) is 17.4. The van der Waals surface area contributed by atoms with Crippen molar-refractivity contribution < 1.29 is 9.53 Å². The zero-order valence-corrected chi connectivity index (χ0v) is 15.2. The summed E-state index contributed by atoms with van der Waals surface area (Å²) in [4.78, 5) is 13.7. The Morgan fingerprint density at radius 3 is 2.36 bits per heavy atom. The van der Waals surface area contributed by atoms with E-state index in [-0.39, 0.29) is 23.4 Å². The fourth-order valence-electron chi connectivity index (χ4n) is 3.14. The van der Waals surface area contributed by atoms with Crippen molar-refractivity contribution in [3.63, 3.8) is 0 Å². The third-order valence-electron chi connectivity index (χ3n) is 4.56.